The summed E-state index contributed by atoms with van der Waals surface area (Å²) in [5.41, 5.74) is 2.71. The molecule has 26 heavy (non-hydrogen) atoms. The number of carbonyl (C=O) groups is 1. The van der Waals surface area contributed by atoms with E-state index in [1.807, 2.05) is 49.4 Å². The first-order chi connectivity index (χ1) is 12.7. The van der Waals surface area contributed by atoms with Gasteiger partial charge in [0.25, 0.3) is 11.1 Å². The molecule has 1 aliphatic rings. The molecule has 0 radical (unpaired) electrons. The van der Waals surface area contributed by atoms with Crippen LogP contribution in [0.1, 0.15) is 40.2 Å². The van der Waals surface area contributed by atoms with Gasteiger partial charge in [-0.15, -0.1) is 0 Å². The standard InChI is InChI=1S/C20H19N3O2S/c1-13-7-8-15(19(24)21-16-9-10-16)12-17(13)25-20-22-18(23-26-20)11-14-5-3-2-4-6-14/h2-8,12,16H,9-11H2,1H3,(H,21,24). The van der Waals surface area contributed by atoms with E-state index in [-0.39, 0.29) is 5.91 Å². The fourth-order valence-corrected chi connectivity index (χ4v) is 3.13. The van der Waals surface area contributed by atoms with Gasteiger partial charge in [0.15, 0.2) is 5.82 Å². The van der Waals surface area contributed by atoms with Gasteiger partial charge in [-0.1, -0.05) is 36.4 Å². The quantitative estimate of drug-likeness (QED) is 0.714. The summed E-state index contributed by atoms with van der Waals surface area (Å²) in [5, 5.41) is 3.48. The molecule has 0 unspecified atom stereocenters. The summed E-state index contributed by atoms with van der Waals surface area (Å²) in [5.74, 6) is 1.31. The average Bonchev–Trinajstić information content (AvgIpc) is 3.35. The van der Waals surface area contributed by atoms with E-state index in [9.17, 15) is 4.79 Å². The van der Waals surface area contributed by atoms with Crippen LogP contribution in [0.15, 0.2) is 48.5 Å². The Bertz CT molecular complexity index is 920. The molecule has 1 fully saturated rings. The van der Waals surface area contributed by atoms with Crippen molar-refractivity contribution in [2.75, 3.05) is 0 Å². The van der Waals surface area contributed by atoms with E-state index < -0.39 is 0 Å². The van der Waals surface area contributed by atoms with Crippen LogP contribution in [0.4, 0.5) is 0 Å². The topological polar surface area (TPSA) is 64.1 Å². The van der Waals surface area contributed by atoms with Crippen molar-refractivity contribution in [3.8, 4) is 10.9 Å². The van der Waals surface area contributed by atoms with Gasteiger partial charge in [-0.2, -0.15) is 9.36 Å². The molecule has 6 heteroatoms. The summed E-state index contributed by atoms with van der Waals surface area (Å²) >= 11 is 1.22. The van der Waals surface area contributed by atoms with Crippen LogP contribution in [0.5, 0.6) is 10.9 Å². The number of nitrogens with zero attached hydrogens (tertiary/aromatic N) is 2. The van der Waals surface area contributed by atoms with Crippen LogP contribution in [-0.2, 0) is 6.42 Å². The van der Waals surface area contributed by atoms with Gasteiger partial charge < -0.3 is 10.1 Å². The number of aryl methyl sites for hydroxylation is 1. The number of carbonyl (C=O) groups excluding carboxylic acids is 1. The first-order valence-corrected chi connectivity index (χ1v) is 9.40. The van der Waals surface area contributed by atoms with Gasteiger partial charge in [0.1, 0.15) is 5.75 Å². The molecule has 1 amide bonds. The molecule has 1 saturated carbocycles. The van der Waals surface area contributed by atoms with Crippen molar-refractivity contribution in [2.45, 2.75) is 32.2 Å². The normalized spacial score (nSPS) is 13.4. The van der Waals surface area contributed by atoms with Crippen LogP contribution in [0, 0.1) is 6.92 Å². The summed E-state index contributed by atoms with van der Waals surface area (Å²) in [6, 6.07) is 15.9. The summed E-state index contributed by atoms with van der Waals surface area (Å²) in [4.78, 5) is 16.7. The Morgan fingerprint density at radius 1 is 1.23 bits per heavy atom. The number of hydrogen-bond acceptors (Lipinski definition) is 5. The van der Waals surface area contributed by atoms with Gasteiger partial charge in [-0.3, -0.25) is 4.79 Å². The molecule has 0 bridgehead atoms. The third-order valence-corrected chi connectivity index (χ3v) is 4.85. The average molecular weight is 365 g/mol. The minimum absolute atomic E-state index is 0.0561. The smallest absolute Gasteiger partial charge is 0.298 e. The number of amides is 1. The molecule has 0 spiro atoms. The molecule has 2 aromatic carbocycles. The number of hydrogen-bond donors (Lipinski definition) is 1. The molecule has 3 aromatic rings. The Kier molecular flexibility index (Phi) is 4.67. The Morgan fingerprint density at radius 2 is 2.04 bits per heavy atom. The third kappa shape index (κ3) is 4.08. The number of aromatic nitrogens is 2. The van der Waals surface area contributed by atoms with E-state index in [1.165, 1.54) is 11.5 Å². The molecule has 1 aliphatic carbocycles. The number of nitrogens with one attached hydrogen (secondary N) is 1. The van der Waals surface area contributed by atoms with E-state index in [1.54, 1.807) is 6.07 Å². The second-order valence-corrected chi connectivity index (χ2v) is 7.18. The molecular formula is C20H19N3O2S. The summed E-state index contributed by atoms with van der Waals surface area (Å²) < 4.78 is 10.3. The molecule has 1 aromatic heterocycles. The van der Waals surface area contributed by atoms with Crippen LogP contribution >= 0.6 is 11.5 Å². The zero-order valence-electron chi connectivity index (χ0n) is 14.4. The van der Waals surface area contributed by atoms with Crippen molar-refractivity contribution in [1.29, 1.82) is 0 Å². The van der Waals surface area contributed by atoms with Crippen molar-refractivity contribution in [2.24, 2.45) is 0 Å². The van der Waals surface area contributed by atoms with Crippen molar-refractivity contribution in [1.82, 2.24) is 14.7 Å². The Balaban J connectivity index is 1.47. The van der Waals surface area contributed by atoms with E-state index in [4.69, 9.17) is 4.74 Å². The molecule has 4 rings (SSSR count). The van der Waals surface area contributed by atoms with Gasteiger partial charge in [0.2, 0.25) is 0 Å². The lowest BCUT2D eigenvalue weighted by Crippen LogP contribution is -2.25. The first-order valence-electron chi connectivity index (χ1n) is 8.63. The lowest BCUT2D eigenvalue weighted by molar-refractivity contribution is 0.0950. The minimum atomic E-state index is -0.0561. The van der Waals surface area contributed by atoms with Crippen LogP contribution < -0.4 is 10.1 Å². The minimum Gasteiger partial charge on any atom is -0.430 e. The highest BCUT2D eigenvalue weighted by Gasteiger charge is 2.24. The molecule has 0 atom stereocenters. The van der Waals surface area contributed by atoms with Crippen LogP contribution in [-0.4, -0.2) is 21.3 Å². The molecule has 1 heterocycles. The highest BCUT2D eigenvalue weighted by molar-refractivity contribution is 7.07. The van der Waals surface area contributed by atoms with Gasteiger partial charge in [-0.25, -0.2) is 0 Å². The molecule has 5 nitrogen and oxygen atoms in total. The van der Waals surface area contributed by atoms with Crippen molar-refractivity contribution >= 4 is 17.4 Å². The zero-order valence-corrected chi connectivity index (χ0v) is 15.3. The number of ether oxygens (including phenoxy) is 1. The SMILES string of the molecule is Cc1ccc(C(=O)NC2CC2)cc1Oc1nc(Cc2ccccc2)ns1. The lowest BCUT2D eigenvalue weighted by atomic mass is 10.1. The van der Waals surface area contributed by atoms with E-state index in [2.05, 4.69) is 14.7 Å². The fraction of sp³-hybridized carbons (Fsp3) is 0.250. The van der Waals surface area contributed by atoms with Crippen molar-refractivity contribution in [3.05, 3.63) is 71.0 Å². The van der Waals surface area contributed by atoms with Crippen molar-refractivity contribution < 1.29 is 9.53 Å². The van der Waals surface area contributed by atoms with E-state index in [0.29, 0.717) is 29.0 Å². The number of rotatable bonds is 6. The molecule has 132 valence electrons. The van der Waals surface area contributed by atoms with Crippen LogP contribution in [0.2, 0.25) is 0 Å². The summed E-state index contributed by atoms with van der Waals surface area (Å²) in [7, 11) is 0. The highest BCUT2D eigenvalue weighted by Crippen LogP contribution is 2.28. The first kappa shape index (κ1) is 16.7. The molecular weight excluding hydrogens is 346 g/mol. The maximum Gasteiger partial charge on any atom is 0.298 e. The van der Waals surface area contributed by atoms with Gasteiger partial charge in [0, 0.05) is 29.6 Å². The fourth-order valence-electron chi connectivity index (χ4n) is 2.57. The van der Waals surface area contributed by atoms with Crippen molar-refractivity contribution in [3.63, 3.8) is 0 Å². The lowest BCUT2D eigenvalue weighted by Gasteiger charge is -2.08. The largest absolute Gasteiger partial charge is 0.430 e. The maximum atomic E-state index is 12.2. The summed E-state index contributed by atoms with van der Waals surface area (Å²) in [6.07, 6.45) is 2.80. The predicted molar refractivity (Wildman–Crippen MR) is 101 cm³/mol. The van der Waals surface area contributed by atoms with Gasteiger partial charge in [0.05, 0.1) is 0 Å². The highest BCUT2D eigenvalue weighted by atomic mass is 32.1. The Morgan fingerprint density at radius 3 is 2.81 bits per heavy atom. The van der Waals surface area contributed by atoms with Crippen LogP contribution in [0.25, 0.3) is 0 Å². The monoisotopic (exact) mass is 365 g/mol. The maximum absolute atomic E-state index is 12.2. The molecule has 1 N–H and O–H groups in total. The second-order valence-electron chi connectivity index (χ2n) is 6.47. The van der Waals surface area contributed by atoms with Gasteiger partial charge in [-0.05, 0) is 43.0 Å². The Labute approximate surface area is 156 Å². The third-order valence-electron chi connectivity index (χ3n) is 4.21. The van der Waals surface area contributed by atoms with E-state index >= 15 is 0 Å². The zero-order chi connectivity index (χ0) is 17.9. The Hall–Kier alpha value is -2.73. The van der Waals surface area contributed by atoms with Crippen LogP contribution in [0.3, 0.4) is 0 Å². The van der Waals surface area contributed by atoms with E-state index in [0.717, 1.165) is 29.8 Å². The second kappa shape index (κ2) is 7.25. The molecule has 0 saturated heterocycles. The predicted octanol–water partition coefficient (Wildman–Crippen LogP) is 4.12. The van der Waals surface area contributed by atoms with Gasteiger partial charge >= 0.3 is 0 Å². The number of benzene rings is 2. The summed E-state index contributed by atoms with van der Waals surface area (Å²) in [6.45, 7) is 1.95. The molecule has 0 aliphatic heterocycles.